The van der Waals surface area contributed by atoms with Crippen LogP contribution in [0.5, 0.6) is 0 Å². The summed E-state index contributed by atoms with van der Waals surface area (Å²) in [6.07, 6.45) is 2.18. The third-order valence-electron chi connectivity index (χ3n) is 2.95. The summed E-state index contributed by atoms with van der Waals surface area (Å²) in [7, 11) is 0. The number of rotatable bonds is 6. The molecule has 2 aromatic rings. The smallest absolute Gasteiger partial charge is 0.188 e. The number of aryl methyl sites for hydroxylation is 2. The summed E-state index contributed by atoms with van der Waals surface area (Å²) in [6, 6.07) is 9.10. The van der Waals surface area contributed by atoms with Crippen molar-refractivity contribution in [2.24, 2.45) is 0 Å². The highest BCUT2D eigenvalue weighted by Gasteiger charge is 2.04. The van der Waals surface area contributed by atoms with Gasteiger partial charge in [0.15, 0.2) is 5.82 Å². The molecule has 5 nitrogen and oxygen atoms in total. The molecule has 0 fully saturated rings. The van der Waals surface area contributed by atoms with Gasteiger partial charge in [-0.1, -0.05) is 35.0 Å². The topological polar surface area (TPSA) is 66.5 Å². The first-order valence-corrected chi connectivity index (χ1v) is 6.25. The number of H-pyrrole nitrogens is 1. The Morgan fingerprint density at radius 3 is 3.00 bits per heavy atom. The van der Waals surface area contributed by atoms with Crippen LogP contribution in [-0.4, -0.2) is 26.7 Å². The van der Waals surface area contributed by atoms with Gasteiger partial charge in [-0.3, -0.25) is 0 Å². The standard InChI is InChI=1S/C13H19N5/c1-10-4-3-5-12(8-10)7-6-11(2)14-9-13-15-17-18-16-13/h3-5,8,11,14H,6-7,9H2,1-2H3,(H,15,16,17,18). The molecule has 0 aliphatic carbocycles. The highest BCUT2D eigenvalue weighted by atomic mass is 15.5. The molecule has 1 aromatic carbocycles. The van der Waals surface area contributed by atoms with Crippen molar-refractivity contribution < 1.29 is 0 Å². The number of benzene rings is 1. The molecule has 0 bridgehead atoms. The van der Waals surface area contributed by atoms with E-state index in [-0.39, 0.29) is 0 Å². The second-order valence-electron chi connectivity index (χ2n) is 4.64. The predicted molar refractivity (Wildman–Crippen MR) is 70.0 cm³/mol. The number of tetrazole rings is 1. The number of hydrogen-bond donors (Lipinski definition) is 2. The Kier molecular flexibility index (Phi) is 4.41. The predicted octanol–water partition coefficient (Wildman–Crippen LogP) is 1.62. The van der Waals surface area contributed by atoms with Gasteiger partial charge in [-0.15, -0.1) is 10.2 Å². The Labute approximate surface area is 107 Å². The van der Waals surface area contributed by atoms with Crippen molar-refractivity contribution in [3.63, 3.8) is 0 Å². The van der Waals surface area contributed by atoms with Crippen molar-refractivity contribution in [3.05, 3.63) is 41.2 Å². The van der Waals surface area contributed by atoms with Gasteiger partial charge in [-0.2, -0.15) is 5.21 Å². The number of nitrogens with zero attached hydrogens (tertiary/aromatic N) is 3. The lowest BCUT2D eigenvalue weighted by Gasteiger charge is -2.12. The average molecular weight is 245 g/mol. The van der Waals surface area contributed by atoms with Crippen LogP contribution < -0.4 is 5.32 Å². The van der Waals surface area contributed by atoms with Crippen LogP contribution >= 0.6 is 0 Å². The monoisotopic (exact) mass is 245 g/mol. The molecule has 0 saturated heterocycles. The first-order valence-electron chi connectivity index (χ1n) is 6.25. The van der Waals surface area contributed by atoms with Gasteiger partial charge in [-0.25, -0.2) is 0 Å². The summed E-state index contributed by atoms with van der Waals surface area (Å²) in [5, 5.41) is 17.2. The molecule has 1 atom stereocenters. The summed E-state index contributed by atoms with van der Waals surface area (Å²) in [6.45, 7) is 4.96. The molecule has 0 aliphatic heterocycles. The molecule has 2 N–H and O–H groups in total. The first-order chi connectivity index (χ1) is 8.74. The van der Waals surface area contributed by atoms with Crippen LogP contribution in [0.3, 0.4) is 0 Å². The molecule has 0 aliphatic rings. The summed E-state index contributed by atoms with van der Waals surface area (Å²) >= 11 is 0. The van der Waals surface area contributed by atoms with Crippen LogP contribution in [0, 0.1) is 6.92 Å². The van der Waals surface area contributed by atoms with E-state index in [0.29, 0.717) is 18.4 Å². The third kappa shape index (κ3) is 3.92. The molecular formula is C13H19N5. The lowest BCUT2D eigenvalue weighted by molar-refractivity contribution is 0.505. The van der Waals surface area contributed by atoms with E-state index in [4.69, 9.17) is 0 Å². The van der Waals surface area contributed by atoms with Gasteiger partial charge in [-0.05, 0) is 32.3 Å². The molecule has 18 heavy (non-hydrogen) atoms. The summed E-state index contributed by atoms with van der Waals surface area (Å²) in [5.41, 5.74) is 2.71. The molecule has 1 aromatic heterocycles. The second-order valence-corrected chi connectivity index (χ2v) is 4.64. The molecular weight excluding hydrogens is 226 g/mol. The van der Waals surface area contributed by atoms with Gasteiger partial charge < -0.3 is 5.32 Å². The summed E-state index contributed by atoms with van der Waals surface area (Å²) in [5.74, 6) is 0.706. The normalized spacial score (nSPS) is 12.6. The van der Waals surface area contributed by atoms with Crippen molar-refractivity contribution >= 4 is 0 Å². The maximum atomic E-state index is 3.91. The van der Waals surface area contributed by atoms with E-state index in [0.717, 1.165) is 12.8 Å². The lowest BCUT2D eigenvalue weighted by atomic mass is 10.0. The van der Waals surface area contributed by atoms with E-state index >= 15 is 0 Å². The lowest BCUT2D eigenvalue weighted by Crippen LogP contribution is -2.26. The summed E-state index contributed by atoms with van der Waals surface area (Å²) < 4.78 is 0. The van der Waals surface area contributed by atoms with Crippen LogP contribution in [0.4, 0.5) is 0 Å². The number of aromatic nitrogens is 4. The van der Waals surface area contributed by atoms with E-state index in [2.05, 4.69) is 64.1 Å². The fourth-order valence-electron chi connectivity index (χ4n) is 1.88. The van der Waals surface area contributed by atoms with Crippen LogP contribution in [-0.2, 0) is 13.0 Å². The zero-order valence-electron chi connectivity index (χ0n) is 10.8. The molecule has 1 unspecified atom stereocenters. The first kappa shape index (κ1) is 12.7. The average Bonchev–Trinajstić information content (AvgIpc) is 2.87. The van der Waals surface area contributed by atoms with Crippen molar-refractivity contribution in [2.75, 3.05) is 0 Å². The zero-order chi connectivity index (χ0) is 12.8. The Balaban J connectivity index is 1.73. The van der Waals surface area contributed by atoms with E-state index < -0.39 is 0 Å². The minimum Gasteiger partial charge on any atom is -0.307 e. The van der Waals surface area contributed by atoms with E-state index in [1.54, 1.807) is 0 Å². The second kappa shape index (κ2) is 6.26. The highest BCUT2D eigenvalue weighted by Crippen LogP contribution is 2.08. The Bertz CT molecular complexity index is 466. The van der Waals surface area contributed by atoms with Crippen LogP contribution in [0.25, 0.3) is 0 Å². The Hall–Kier alpha value is -1.75. The van der Waals surface area contributed by atoms with Crippen LogP contribution in [0.2, 0.25) is 0 Å². The van der Waals surface area contributed by atoms with E-state index in [9.17, 15) is 0 Å². The number of aromatic amines is 1. The van der Waals surface area contributed by atoms with Gasteiger partial charge in [0.1, 0.15) is 0 Å². The van der Waals surface area contributed by atoms with Gasteiger partial charge in [0.25, 0.3) is 0 Å². The van der Waals surface area contributed by atoms with Crippen molar-refractivity contribution in [2.45, 2.75) is 39.3 Å². The maximum absolute atomic E-state index is 3.91. The van der Waals surface area contributed by atoms with Gasteiger partial charge >= 0.3 is 0 Å². The van der Waals surface area contributed by atoms with Gasteiger partial charge in [0, 0.05) is 6.04 Å². The number of hydrogen-bond acceptors (Lipinski definition) is 4. The Morgan fingerprint density at radius 1 is 1.39 bits per heavy atom. The minimum atomic E-state index is 0.434. The molecule has 0 amide bonds. The van der Waals surface area contributed by atoms with Gasteiger partial charge in [0.05, 0.1) is 6.54 Å². The Morgan fingerprint density at radius 2 is 2.28 bits per heavy atom. The maximum Gasteiger partial charge on any atom is 0.188 e. The van der Waals surface area contributed by atoms with Crippen LogP contribution in [0.1, 0.15) is 30.3 Å². The molecule has 2 rings (SSSR count). The van der Waals surface area contributed by atoms with E-state index in [1.165, 1.54) is 11.1 Å². The molecule has 0 saturated carbocycles. The van der Waals surface area contributed by atoms with Crippen molar-refractivity contribution in [3.8, 4) is 0 Å². The molecule has 0 spiro atoms. The zero-order valence-corrected chi connectivity index (χ0v) is 10.8. The van der Waals surface area contributed by atoms with Gasteiger partial charge in [0.2, 0.25) is 0 Å². The molecule has 96 valence electrons. The van der Waals surface area contributed by atoms with Crippen LogP contribution in [0.15, 0.2) is 24.3 Å². The third-order valence-corrected chi connectivity index (χ3v) is 2.95. The number of nitrogens with one attached hydrogen (secondary N) is 2. The fourth-order valence-corrected chi connectivity index (χ4v) is 1.88. The summed E-state index contributed by atoms with van der Waals surface area (Å²) in [4.78, 5) is 0. The van der Waals surface area contributed by atoms with Crippen molar-refractivity contribution in [1.29, 1.82) is 0 Å². The molecule has 1 heterocycles. The quantitative estimate of drug-likeness (QED) is 0.811. The SMILES string of the molecule is Cc1cccc(CCC(C)NCc2nn[nH]n2)c1. The minimum absolute atomic E-state index is 0.434. The van der Waals surface area contributed by atoms with E-state index in [1.807, 2.05) is 0 Å². The van der Waals surface area contributed by atoms with Crippen molar-refractivity contribution in [1.82, 2.24) is 25.9 Å². The molecule has 5 heteroatoms. The fraction of sp³-hybridized carbons (Fsp3) is 0.462. The highest BCUT2D eigenvalue weighted by molar-refractivity contribution is 5.22. The molecule has 0 radical (unpaired) electrons. The largest absolute Gasteiger partial charge is 0.307 e.